The molecule has 0 bridgehead atoms. The Kier molecular flexibility index (Phi) is 6.16. The van der Waals surface area contributed by atoms with Gasteiger partial charge in [0.15, 0.2) is 0 Å². The molecule has 24 heavy (non-hydrogen) atoms. The molecule has 6 nitrogen and oxygen atoms in total. The number of carbonyl (C=O) groups is 2. The van der Waals surface area contributed by atoms with Crippen molar-refractivity contribution in [1.82, 2.24) is 10.3 Å². The summed E-state index contributed by atoms with van der Waals surface area (Å²) >= 11 is 9.12. The summed E-state index contributed by atoms with van der Waals surface area (Å²) in [5, 5.41) is 3.16. The molecule has 2 amide bonds. The van der Waals surface area contributed by atoms with Crippen LogP contribution < -0.4 is 16.0 Å². The van der Waals surface area contributed by atoms with E-state index in [0.29, 0.717) is 16.4 Å². The average molecular weight is 412 g/mol. The highest BCUT2D eigenvalue weighted by Crippen LogP contribution is 2.18. The standard InChI is InChI=1S/C16H16BrClN4O2/c1-22(13-6-5-12(18)8-20-13)9-14(23)21-15(16(19)24)10-3-2-4-11(17)7-10/h2-8,15H,9H2,1H3,(H2,19,24)(H,21,23)/t15-/m0/s1. The van der Waals surface area contributed by atoms with Gasteiger partial charge in [0.2, 0.25) is 11.8 Å². The van der Waals surface area contributed by atoms with Crippen molar-refractivity contribution in [1.29, 1.82) is 0 Å². The largest absolute Gasteiger partial charge is 0.368 e. The Balaban J connectivity index is 2.05. The van der Waals surface area contributed by atoms with Crippen LogP contribution in [0, 0.1) is 0 Å². The number of anilines is 1. The Morgan fingerprint density at radius 1 is 1.38 bits per heavy atom. The van der Waals surface area contributed by atoms with Crippen LogP contribution in [0.3, 0.4) is 0 Å². The molecule has 0 aliphatic heterocycles. The van der Waals surface area contributed by atoms with Crippen LogP contribution in [0.25, 0.3) is 0 Å². The first kappa shape index (κ1) is 18.2. The fourth-order valence-corrected chi connectivity index (χ4v) is 2.63. The molecule has 0 radical (unpaired) electrons. The number of likely N-dealkylation sites (N-methyl/N-ethyl adjacent to an activating group) is 1. The topological polar surface area (TPSA) is 88.3 Å². The molecule has 0 aliphatic carbocycles. The van der Waals surface area contributed by atoms with Crippen LogP contribution in [0.1, 0.15) is 11.6 Å². The van der Waals surface area contributed by atoms with Gasteiger partial charge in [-0.3, -0.25) is 9.59 Å². The van der Waals surface area contributed by atoms with E-state index in [-0.39, 0.29) is 12.5 Å². The van der Waals surface area contributed by atoms with Crippen molar-refractivity contribution < 1.29 is 9.59 Å². The van der Waals surface area contributed by atoms with Crippen LogP contribution in [0.15, 0.2) is 47.1 Å². The molecule has 2 rings (SSSR count). The molecule has 0 spiro atoms. The van der Waals surface area contributed by atoms with Gasteiger partial charge in [-0.25, -0.2) is 4.98 Å². The van der Waals surface area contributed by atoms with E-state index < -0.39 is 11.9 Å². The maximum absolute atomic E-state index is 12.2. The number of nitrogens with one attached hydrogen (secondary N) is 1. The van der Waals surface area contributed by atoms with Crippen LogP contribution >= 0.6 is 27.5 Å². The van der Waals surface area contributed by atoms with Gasteiger partial charge in [-0.2, -0.15) is 0 Å². The number of benzene rings is 1. The molecule has 0 saturated heterocycles. The second kappa shape index (κ2) is 8.12. The highest BCUT2D eigenvalue weighted by atomic mass is 79.9. The smallest absolute Gasteiger partial charge is 0.244 e. The Labute approximate surface area is 153 Å². The van der Waals surface area contributed by atoms with Crippen LogP contribution in [0.5, 0.6) is 0 Å². The van der Waals surface area contributed by atoms with Crippen molar-refractivity contribution in [2.45, 2.75) is 6.04 Å². The summed E-state index contributed by atoms with van der Waals surface area (Å²) in [5.41, 5.74) is 6.02. The number of nitrogens with two attached hydrogens (primary N) is 1. The highest BCUT2D eigenvalue weighted by molar-refractivity contribution is 9.10. The molecule has 1 aromatic heterocycles. The van der Waals surface area contributed by atoms with E-state index in [2.05, 4.69) is 26.2 Å². The molecule has 1 aromatic carbocycles. The van der Waals surface area contributed by atoms with Crippen LogP contribution in [0.2, 0.25) is 5.02 Å². The van der Waals surface area contributed by atoms with Crippen molar-refractivity contribution in [3.63, 3.8) is 0 Å². The van der Waals surface area contributed by atoms with Crippen LogP contribution in [-0.4, -0.2) is 30.4 Å². The fraction of sp³-hybridized carbons (Fsp3) is 0.188. The van der Waals surface area contributed by atoms with Crippen molar-refractivity contribution in [2.75, 3.05) is 18.5 Å². The van der Waals surface area contributed by atoms with Gasteiger partial charge < -0.3 is 16.0 Å². The number of rotatable bonds is 6. The predicted octanol–water partition coefficient (Wildman–Crippen LogP) is 2.28. The van der Waals surface area contributed by atoms with Crippen LogP contribution in [0.4, 0.5) is 5.82 Å². The molecule has 0 saturated carbocycles. The third-order valence-corrected chi connectivity index (χ3v) is 3.97. The third-order valence-electron chi connectivity index (χ3n) is 3.26. The molecule has 126 valence electrons. The number of carbonyl (C=O) groups excluding carboxylic acids is 2. The third kappa shape index (κ3) is 4.94. The molecular formula is C16H16BrClN4O2. The zero-order valence-electron chi connectivity index (χ0n) is 12.9. The SMILES string of the molecule is CN(CC(=O)N[C@H](C(N)=O)c1cccc(Br)c1)c1ccc(Cl)cn1. The van der Waals surface area contributed by atoms with E-state index in [4.69, 9.17) is 17.3 Å². The number of halogens is 2. The number of aromatic nitrogens is 1. The van der Waals surface area contributed by atoms with E-state index in [0.717, 1.165) is 4.47 Å². The number of pyridine rings is 1. The van der Waals surface area contributed by atoms with E-state index >= 15 is 0 Å². The fourth-order valence-electron chi connectivity index (χ4n) is 2.10. The second-order valence-corrected chi connectivity index (χ2v) is 6.50. The minimum atomic E-state index is -0.901. The lowest BCUT2D eigenvalue weighted by Gasteiger charge is -2.20. The lowest BCUT2D eigenvalue weighted by Crippen LogP contribution is -2.42. The van der Waals surface area contributed by atoms with E-state index in [1.807, 2.05) is 6.07 Å². The van der Waals surface area contributed by atoms with Gasteiger partial charge in [0, 0.05) is 17.7 Å². The van der Waals surface area contributed by atoms with Gasteiger partial charge in [-0.1, -0.05) is 39.7 Å². The summed E-state index contributed by atoms with van der Waals surface area (Å²) in [6, 6.07) is 9.54. The molecule has 2 aromatic rings. The van der Waals surface area contributed by atoms with Gasteiger partial charge >= 0.3 is 0 Å². The molecule has 8 heteroatoms. The van der Waals surface area contributed by atoms with Gasteiger partial charge in [0.25, 0.3) is 0 Å². The zero-order chi connectivity index (χ0) is 17.7. The monoisotopic (exact) mass is 410 g/mol. The summed E-state index contributed by atoms with van der Waals surface area (Å²) < 4.78 is 0.794. The summed E-state index contributed by atoms with van der Waals surface area (Å²) in [5.74, 6) is -0.389. The lowest BCUT2D eigenvalue weighted by atomic mass is 10.1. The molecule has 0 unspecified atom stereocenters. The Morgan fingerprint density at radius 3 is 2.71 bits per heavy atom. The van der Waals surface area contributed by atoms with Crippen molar-refractivity contribution >= 4 is 45.2 Å². The first-order valence-corrected chi connectivity index (χ1v) is 8.21. The van der Waals surface area contributed by atoms with Crippen molar-refractivity contribution in [3.05, 3.63) is 57.7 Å². The van der Waals surface area contributed by atoms with E-state index in [9.17, 15) is 9.59 Å². The quantitative estimate of drug-likeness (QED) is 0.763. The van der Waals surface area contributed by atoms with Gasteiger partial charge in [-0.05, 0) is 29.8 Å². The molecule has 1 atom stereocenters. The number of hydrogen-bond acceptors (Lipinski definition) is 4. The summed E-state index contributed by atoms with van der Waals surface area (Å²) in [7, 11) is 1.72. The molecular weight excluding hydrogens is 396 g/mol. The first-order valence-electron chi connectivity index (χ1n) is 7.03. The van der Waals surface area contributed by atoms with Gasteiger partial charge in [0.1, 0.15) is 11.9 Å². The Hall–Kier alpha value is -2.12. The van der Waals surface area contributed by atoms with Crippen LogP contribution in [-0.2, 0) is 9.59 Å². The minimum absolute atomic E-state index is 0.0203. The van der Waals surface area contributed by atoms with Crippen molar-refractivity contribution in [2.24, 2.45) is 5.73 Å². The number of amides is 2. The lowest BCUT2D eigenvalue weighted by molar-refractivity contribution is -0.126. The first-order chi connectivity index (χ1) is 11.4. The molecule has 0 aliphatic rings. The maximum Gasteiger partial charge on any atom is 0.244 e. The van der Waals surface area contributed by atoms with E-state index in [1.54, 1.807) is 42.3 Å². The normalized spacial score (nSPS) is 11.6. The Bertz CT molecular complexity index is 739. The predicted molar refractivity (Wildman–Crippen MR) is 96.7 cm³/mol. The van der Waals surface area contributed by atoms with Gasteiger partial charge in [-0.15, -0.1) is 0 Å². The summed E-state index contributed by atoms with van der Waals surface area (Å²) in [4.78, 5) is 29.7. The molecule has 1 heterocycles. The second-order valence-electron chi connectivity index (χ2n) is 5.15. The minimum Gasteiger partial charge on any atom is -0.368 e. The summed E-state index contributed by atoms with van der Waals surface area (Å²) in [6.45, 7) is 0.0203. The average Bonchev–Trinajstić information content (AvgIpc) is 2.52. The number of hydrogen-bond donors (Lipinski definition) is 2. The number of nitrogens with zero attached hydrogens (tertiary/aromatic N) is 2. The van der Waals surface area contributed by atoms with E-state index in [1.165, 1.54) is 6.20 Å². The summed E-state index contributed by atoms with van der Waals surface area (Å²) in [6.07, 6.45) is 1.50. The molecule has 0 fully saturated rings. The van der Waals surface area contributed by atoms with Gasteiger partial charge in [0.05, 0.1) is 11.6 Å². The zero-order valence-corrected chi connectivity index (χ0v) is 15.2. The van der Waals surface area contributed by atoms with Crippen molar-refractivity contribution in [3.8, 4) is 0 Å². The number of primary amides is 1. The Morgan fingerprint density at radius 2 is 2.12 bits per heavy atom. The highest BCUT2D eigenvalue weighted by Gasteiger charge is 2.21. The molecule has 3 N–H and O–H groups in total. The maximum atomic E-state index is 12.2.